The van der Waals surface area contributed by atoms with E-state index in [2.05, 4.69) is 72.5 Å². The number of nitrogens with zero attached hydrogens (tertiary/aromatic N) is 3. The molecule has 0 spiro atoms. The molecule has 0 saturated carbocycles. The molecule has 0 aliphatic heterocycles. The van der Waals surface area contributed by atoms with Crippen LogP contribution >= 0.6 is 0 Å². The summed E-state index contributed by atoms with van der Waals surface area (Å²) in [7, 11) is -1.94. The third kappa shape index (κ3) is 4.48. The van der Waals surface area contributed by atoms with Crippen LogP contribution in [-0.2, 0) is 10.9 Å². The van der Waals surface area contributed by atoms with Gasteiger partial charge in [-0.1, -0.05) is 32.9 Å². The topological polar surface area (TPSA) is 72.5 Å². The number of furan rings is 1. The second-order valence-corrected chi connectivity index (χ2v) is 15.4. The number of hydrogen-bond acceptors (Lipinski definition) is 6. The molecule has 0 fully saturated rings. The van der Waals surface area contributed by atoms with Crippen molar-refractivity contribution in [3.63, 3.8) is 0 Å². The van der Waals surface area contributed by atoms with E-state index in [4.69, 9.17) is 8.94 Å². The van der Waals surface area contributed by atoms with Crippen molar-refractivity contribution >= 4 is 36.4 Å². The Labute approximate surface area is 207 Å². The monoisotopic (exact) mass is 484 g/mol. The fraction of sp³-hybridized carbons (Fsp3) is 0.321. The summed E-state index contributed by atoms with van der Waals surface area (Å²) < 4.78 is 12.4. The normalized spacial score (nSPS) is 15.0. The van der Waals surface area contributed by atoms with Crippen molar-refractivity contribution in [1.29, 1.82) is 0 Å². The van der Waals surface area contributed by atoms with Gasteiger partial charge in [0.05, 0.1) is 17.6 Å². The molecule has 0 amide bonds. The average molecular weight is 485 g/mol. The van der Waals surface area contributed by atoms with Crippen LogP contribution in [-0.4, -0.2) is 24.0 Å². The van der Waals surface area contributed by atoms with Crippen LogP contribution in [0.5, 0.6) is 0 Å². The third-order valence-corrected chi connectivity index (χ3v) is 11.3. The van der Waals surface area contributed by atoms with E-state index in [1.807, 2.05) is 31.2 Å². The molecule has 1 aliphatic rings. The van der Waals surface area contributed by atoms with Crippen LogP contribution in [0.3, 0.4) is 0 Å². The maximum Gasteiger partial charge on any atom is 0.286 e. The minimum Gasteiger partial charge on any atom is -0.455 e. The van der Waals surface area contributed by atoms with Gasteiger partial charge < -0.3 is 14.3 Å². The Morgan fingerprint density at radius 1 is 1.09 bits per heavy atom. The van der Waals surface area contributed by atoms with Crippen LogP contribution < -0.4 is 5.32 Å². The number of aryl methyl sites for hydroxylation is 2. The Morgan fingerprint density at radius 3 is 2.69 bits per heavy atom. The maximum absolute atomic E-state index is 6.19. The lowest BCUT2D eigenvalue weighted by Gasteiger charge is -2.33. The Hall–Kier alpha value is -3.45. The van der Waals surface area contributed by atoms with Crippen LogP contribution in [0, 0.1) is 6.92 Å². The molecule has 0 unspecified atom stereocenters. The number of nitrogens with one attached hydrogen (secondary N) is 1. The first-order valence-corrected chi connectivity index (χ1v) is 15.0. The van der Waals surface area contributed by atoms with E-state index in [1.165, 1.54) is 11.1 Å². The van der Waals surface area contributed by atoms with Crippen LogP contribution in [0.4, 0.5) is 11.4 Å². The van der Waals surface area contributed by atoms with Crippen LogP contribution in [0.2, 0.25) is 18.1 Å². The minimum atomic E-state index is -1.94. The van der Waals surface area contributed by atoms with Crippen molar-refractivity contribution in [2.24, 2.45) is 5.16 Å². The largest absolute Gasteiger partial charge is 0.455 e. The van der Waals surface area contributed by atoms with Crippen molar-refractivity contribution in [2.75, 3.05) is 5.32 Å². The molecular weight excluding hydrogens is 452 g/mol. The second kappa shape index (κ2) is 8.64. The molecule has 7 heteroatoms. The van der Waals surface area contributed by atoms with Gasteiger partial charge in [-0.05, 0) is 73.8 Å². The van der Waals surface area contributed by atoms with Crippen molar-refractivity contribution in [1.82, 2.24) is 9.97 Å². The third-order valence-electron chi connectivity index (χ3n) is 7.12. The zero-order chi connectivity index (χ0) is 24.8. The van der Waals surface area contributed by atoms with Crippen molar-refractivity contribution in [3.8, 4) is 11.5 Å². The standard InChI is InChI=1S/C28H32N4O2Si/c1-18-8-7-9-24(30-18)27-26(22-14-15-29-17-25(22)33-27)31-20-11-12-21-19(16-20)10-13-23(21)32-34-35(5,6)28(2,3)4/h7-9,11-12,14-17,31H,10,13H2,1-6H3. The molecule has 1 aromatic carbocycles. The molecule has 5 rings (SSSR count). The Bertz CT molecular complexity index is 1430. The van der Waals surface area contributed by atoms with Crippen molar-refractivity contribution in [2.45, 2.75) is 58.7 Å². The fourth-order valence-electron chi connectivity index (χ4n) is 4.02. The van der Waals surface area contributed by atoms with Crippen molar-refractivity contribution < 1.29 is 8.94 Å². The van der Waals surface area contributed by atoms with E-state index in [0.29, 0.717) is 5.76 Å². The Kier molecular flexibility index (Phi) is 5.75. The van der Waals surface area contributed by atoms with Gasteiger partial charge in [-0.2, -0.15) is 0 Å². The van der Waals surface area contributed by atoms with E-state index < -0.39 is 8.32 Å². The van der Waals surface area contributed by atoms with Crippen LogP contribution in [0.15, 0.2) is 64.4 Å². The predicted octanol–water partition coefficient (Wildman–Crippen LogP) is 7.61. The zero-order valence-electron chi connectivity index (χ0n) is 21.3. The minimum absolute atomic E-state index is 0.124. The fourth-order valence-corrected chi connectivity index (χ4v) is 4.63. The summed E-state index contributed by atoms with van der Waals surface area (Å²) in [6.45, 7) is 13.1. The highest BCUT2D eigenvalue weighted by molar-refractivity contribution is 6.74. The van der Waals surface area contributed by atoms with E-state index in [1.54, 1.807) is 12.4 Å². The van der Waals surface area contributed by atoms with Gasteiger partial charge in [0.1, 0.15) is 5.69 Å². The number of anilines is 2. The van der Waals surface area contributed by atoms with E-state index in [9.17, 15) is 0 Å². The highest BCUT2D eigenvalue weighted by atomic mass is 28.4. The quantitative estimate of drug-likeness (QED) is 0.233. The zero-order valence-corrected chi connectivity index (χ0v) is 22.3. The van der Waals surface area contributed by atoms with Gasteiger partial charge in [0.25, 0.3) is 8.32 Å². The molecule has 3 heterocycles. The summed E-state index contributed by atoms with van der Waals surface area (Å²) in [5.41, 5.74) is 7.86. The summed E-state index contributed by atoms with van der Waals surface area (Å²) in [6, 6.07) is 14.4. The molecule has 35 heavy (non-hydrogen) atoms. The second-order valence-electron chi connectivity index (χ2n) is 10.7. The molecule has 0 bridgehead atoms. The average Bonchev–Trinajstić information content (AvgIpc) is 3.38. The van der Waals surface area contributed by atoms with Gasteiger partial charge in [-0.25, -0.2) is 4.98 Å². The summed E-state index contributed by atoms with van der Waals surface area (Å²) in [5.74, 6) is 0.710. The molecule has 180 valence electrons. The van der Waals surface area contributed by atoms with E-state index >= 15 is 0 Å². The summed E-state index contributed by atoms with van der Waals surface area (Å²) >= 11 is 0. The van der Waals surface area contributed by atoms with Gasteiger partial charge in [-0.15, -0.1) is 5.16 Å². The molecule has 0 saturated heterocycles. The molecule has 1 aliphatic carbocycles. The number of fused-ring (bicyclic) bond motifs is 2. The first kappa shape index (κ1) is 23.3. The van der Waals surface area contributed by atoms with Crippen molar-refractivity contribution in [3.05, 3.63) is 71.7 Å². The lowest BCUT2D eigenvalue weighted by atomic mass is 10.1. The number of hydrogen-bond donors (Lipinski definition) is 1. The molecule has 4 aromatic rings. The van der Waals surface area contributed by atoms with Crippen LogP contribution in [0.25, 0.3) is 22.4 Å². The highest BCUT2D eigenvalue weighted by Gasteiger charge is 2.40. The Balaban J connectivity index is 1.47. The van der Waals surface area contributed by atoms with Crippen LogP contribution in [0.1, 0.15) is 44.0 Å². The SMILES string of the molecule is Cc1cccc(-c2oc3cnccc3c2Nc2ccc3c(c2)CCC3=NO[Si](C)(C)C(C)(C)C)n1. The van der Waals surface area contributed by atoms with Gasteiger partial charge in [-0.3, -0.25) is 4.98 Å². The lowest BCUT2D eigenvalue weighted by Crippen LogP contribution is -2.39. The highest BCUT2D eigenvalue weighted by Crippen LogP contribution is 2.40. The number of oxime groups is 1. The van der Waals surface area contributed by atoms with Gasteiger partial charge in [0.15, 0.2) is 11.3 Å². The maximum atomic E-state index is 6.19. The van der Waals surface area contributed by atoms with Gasteiger partial charge in [0.2, 0.25) is 0 Å². The number of aromatic nitrogens is 2. The number of benzene rings is 1. The lowest BCUT2D eigenvalue weighted by molar-refractivity contribution is 0.307. The molecule has 6 nitrogen and oxygen atoms in total. The first-order valence-electron chi connectivity index (χ1n) is 12.1. The summed E-state index contributed by atoms with van der Waals surface area (Å²) in [4.78, 5) is 8.91. The smallest absolute Gasteiger partial charge is 0.286 e. The first-order chi connectivity index (χ1) is 16.6. The molecule has 1 N–H and O–H groups in total. The molecule has 0 radical (unpaired) electrons. The summed E-state index contributed by atoms with van der Waals surface area (Å²) in [6.07, 6.45) is 5.37. The Morgan fingerprint density at radius 2 is 1.91 bits per heavy atom. The van der Waals surface area contributed by atoms with E-state index in [-0.39, 0.29) is 5.04 Å². The molecule has 3 aromatic heterocycles. The predicted molar refractivity (Wildman–Crippen MR) is 145 cm³/mol. The van der Waals surface area contributed by atoms with Gasteiger partial charge in [0, 0.05) is 28.5 Å². The summed E-state index contributed by atoms with van der Waals surface area (Å²) in [5, 5.41) is 9.35. The van der Waals surface area contributed by atoms with E-state index in [0.717, 1.165) is 52.3 Å². The van der Waals surface area contributed by atoms with Gasteiger partial charge >= 0.3 is 0 Å². The number of pyridine rings is 2. The molecule has 0 atom stereocenters. The molecular formula is C28H32N4O2Si. The number of rotatable bonds is 5.